The Morgan fingerprint density at radius 2 is 1.70 bits per heavy atom. The summed E-state index contributed by atoms with van der Waals surface area (Å²) in [6.07, 6.45) is 0. The van der Waals surface area contributed by atoms with Crippen molar-refractivity contribution in [1.29, 1.82) is 0 Å². The van der Waals surface area contributed by atoms with Crippen LogP contribution in [-0.2, 0) is 0 Å². The van der Waals surface area contributed by atoms with Gasteiger partial charge in [0.15, 0.2) is 5.13 Å². The first-order valence-electron chi connectivity index (χ1n) is 7.54. The molecule has 2 amide bonds. The molecule has 5 nitrogen and oxygen atoms in total. The number of nitrogens with one attached hydrogen (secondary N) is 1. The van der Waals surface area contributed by atoms with Crippen molar-refractivity contribution in [3.05, 3.63) is 47.0 Å². The van der Waals surface area contributed by atoms with Crippen LogP contribution in [0.5, 0.6) is 0 Å². The Hall–Kier alpha value is -2.21. The molecule has 0 radical (unpaired) electrons. The van der Waals surface area contributed by atoms with Crippen LogP contribution < -0.4 is 5.32 Å². The minimum absolute atomic E-state index is 0.0894. The van der Waals surface area contributed by atoms with Crippen molar-refractivity contribution in [1.82, 2.24) is 9.88 Å². The van der Waals surface area contributed by atoms with Crippen molar-refractivity contribution >= 4 is 28.3 Å². The third-order valence-electron chi connectivity index (χ3n) is 3.33. The van der Waals surface area contributed by atoms with E-state index in [0.717, 1.165) is 0 Å². The van der Waals surface area contributed by atoms with E-state index in [0.29, 0.717) is 16.4 Å². The van der Waals surface area contributed by atoms with E-state index in [1.54, 1.807) is 34.5 Å². The van der Waals surface area contributed by atoms with Crippen LogP contribution in [0.1, 0.15) is 48.5 Å². The third kappa shape index (κ3) is 4.16. The van der Waals surface area contributed by atoms with E-state index in [-0.39, 0.29) is 23.9 Å². The van der Waals surface area contributed by atoms with Gasteiger partial charge in [-0.15, -0.1) is 11.3 Å². The van der Waals surface area contributed by atoms with E-state index in [4.69, 9.17) is 0 Å². The average molecular weight is 331 g/mol. The molecule has 1 aromatic carbocycles. The summed E-state index contributed by atoms with van der Waals surface area (Å²) in [6.45, 7) is 7.90. The molecule has 0 aliphatic rings. The fourth-order valence-electron chi connectivity index (χ4n) is 2.39. The summed E-state index contributed by atoms with van der Waals surface area (Å²) in [4.78, 5) is 30.7. The fourth-order valence-corrected chi connectivity index (χ4v) is 3.07. The van der Waals surface area contributed by atoms with Gasteiger partial charge in [-0.05, 0) is 39.8 Å². The highest BCUT2D eigenvalue weighted by Crippen LogP contribution is 2.19. The second kappa shape index (κ2) is 7.37. The molecule has 2 rings (SSSR count). The van der Waals surface area contributed by atoms with Gasteiger partial charge in [0.2, 0.25) is 0 Å². The highest BCUT2D eigenvalue weighted by atomic mass is 32.1. The fraction of sp³-hybridized carbons (Fsp3) is 0.353. The summed E-state index contributed by atoms with van der Waals surface area (Å²) in [5.74, 6) is -0.352. The van der Waals surface area contributed by atoms with Crippen LogP contribution in [0.15, 0.2) is 35.7 Å². The molecule has 6 heteroatoms. The highest BCUT2D eigenvalue weighted by Gasteiger charge is 2.24. The molecule has 1 aromatic heterocycles. The van der Waals surface area contributed by atoms with Gasteiger partial charge in [-0.1, -0.05) is 18.2 Å². The molecule has 2 aromatic rings. The first kappa shape index (κ1) is 17.1. The SMILES string of the molecule is CC(C)N(C(=O)c1csc(NC(=O)c2ccccc2)n1)C(C)C. The predicted molar refractivity (Wildman–Crippen MR) is 93.0 cm³/mol. The summed E-state index contributed by atoms with van der Waals surface area (Å²) in [5, 5.41) is 4.84. The van der Waals surface area contributed by atoms with Gasteiger partial charge in [-0.3, -0.25) is 14.9 Å². The molecule has 0 aliphatic carbocycles. The molecular formula is C17H21N3O2S. The molecule has 0 saturated carbocycles. The Labute approximate surface area is 140 Å². The second-order valence-electron chi connectivity index (χ2n) is 5.76. The monoisotopic (exact) mass is 331 g/mol. The molecule has 122 valence electrons. The van der Waals surface area contributed by atoms with Crippen LogP contribution in [0.4, 0.5) is 5.13 Å². The molecule has 0 atom stereocenters. The van der Waals surface area contributed by atoms with Gasteiger partial charge in [0, 0.05) is 23.0 Å². The van der Waals surface area contributed by atoms with Crippen LogP contribution >= 0.6 is 11.3 Å². The molecule has 0 bridgehead atoms. The summed E-state index contributed by atoms with van der Waals surface area (Å²) < 4.78 is 0. The number of hydrogen-bond donors (Lipinski definition) is 1. The molecule has 23 heavy (non-hydrogen) atoms. The van der Waals surface area contributed by atoms with Crippen LogP contribution in [0.2, 0.25) is 0 Å². The van der Waals surface area contributed by atoms with Gasteiger partial charge >= 0.3 is 0 Å². The van der Waals surface area contributed by atoms with E-state index in [1.807, 2.05) is 33.8 Å². The van der Waals surface area contributed by atoms with E-state index in [2.05, 4.69) is 10.3 Å². The minimum atomic E-state index is -0.233. The van der Waals surface area contributed by atoms with Crippen molar-refractivity contribution < 1.29 is 9.59 Å². The lowest BCUT2D eigenvalue weighted by molar-refractivity contribution is 0.0638. The maximum atomic E-state index is 12.6. The molecule has 1 heterocycles. The average Bonchev–Trinajstić information content (AvgIpc) is 2.96. The first-order chi connectivity index (χ1) is 10.9. The minimum Gasteiger partial charge on any atom is -0.332 e. The number of amides is 2. The van der Waals surface area contributed by atoms with Gasteiger partial charge in [-0.2, -0.15) is 0 Å². The van der Waals surface area contributed by atoms with Crippen molar-refractivity contribution in [2.75, 3.05) is 5.32 Å². The third-order valence-corrected chi connectivity index (χ3v) is 4.08. The summed E-state index contributed by atoms with van der Waals surface area (Å²) >= 11 is 1.25. The zero-order valence-electron chi connectivity index (χ0n) is 13.7. The van der Waals surface area contributed by atoms with Crippen LogP contribution in [0, 0.1) is 0 Å². The van der Waals surface area contributed by atoms with Crippen LogP contribution in [0.25, 0.3) is 0 Å². The van der Waals surface area contributed by atoms with E-state index in [9.17, 15) is 9.59 Å². The van der Waals surface area contributed by atoms with Crippen molar-refractivity contribution in [3.63, 3.8) is 0 Å². The number of thiazole rings is 1. The van der Waals surface area contributed by atoms with Crippen LogP contribution in [0.3, 0.4) is 0 Å². The number of aromatic nitrogens is 1. The Balaban J connectivity index is 2.11. The predicted octanol–water partition coefficient (Wildman–Crippen LogP) is 3.65. The van der Waals surface area contributed by atoms with Gasteiger partial charge in [0.1, 0.15) is 5.69 Å². The summed E-state index contributed by atoms with van der Waals surface area (Å²) in [7, 11) is 0. The number of hydrogen-bond acceptors (Lipinski definition) is 4. The smallest absolute Gasteiger partial charge is 0.273 e. The highest BCUT2D eigenvalue weighted by molar-refractivity contribution is 7.14. The van der Waals surface area contributed by atoms with Gasteiger partial charge in [0.05, 0.1) is 0 Å². The number of carbonyl (C=O) groups is 2. The number of rotatable bonds is 5. The number of anilines is 1. The molecule has 0 fully saturated rings. The van der Waals surface area contributed by atoms with Gasteiger partial charge < -0.3 is 4.90 Å². The van der Waals surface area contributed by atoms with Crippen molar-refractivity contribution in [3.8, 4) is 0 Å². The molecule has 0 aliphatic heterocycles. The number of nitrogens with zero attached hydrogens (tertiary/aromatic N) is 2. The van der Waals surface area contributed by atoms with Gasteiger partial charge in [0.25, 0.3) is 11.8 Å². The molecule has 1 N–H and O–H groups in total. The largest absolute Gasteiger partial charge is 0.332 e. The zero-order valence-corrected chi connectivity index (χ0v) is 14.6. The van der Waals surface area contributed by atoms with E-state index >= 15 is 0 Å². The number of benzene rings is 1. The summed E-state index contributed by atoms with van der Waals surface area (Å²) in [5.41, 5.74) is 0.919. The lowest BCUT2D eigenvalue weighted by atomic mass is 10.2. The first-order valence-corrected chi connectivity index (χ1v) is 8.42. The Morgan fingerprint density at radius 3 is 2.26 bits per heavy atom. The Kier molecular flexibility index (Phi) is 5.50. The molecule has 0 spiro atoms. The van der Waals surface area contributed by atoms with Crippen molar-refractivity contribution in [2.45, 2.75) is 39.8 Å². The number of carbonyl (C=O) groups excluding carboxylic acids is 2. The molecular weight excluding hydrogens is 310 g/mol. The maximum Gasteiger partial charge on any atom is 0.273 e. The second-order valence-corrected chi connectivity index (χ2v) is 6.62. The van der Waals surface area contributed by atoms with E-state index < -0.39 is 0 Å². The van der Waals surface area contributed by atoms with E-state index in [1.165, 1.54) is 11.3 Å². The summed E-state index contributed by atoms with van der Waals surface area (Å²) in [6, 6.07) is 9.09. The lowest BCUT2D eigenvalue weighted by Gasteiger charge is -2.30. The zero-order chi connectivity index (χ0) is 17.0. The standard InChI is InChI=1S/C17H21N3O2S/c1-11(2)20(12(3)4)16(22)14-10-23-17(18-14)19-15(21)13-8-6-5-7-9-13/h5-12H,1-4H3,(H,18,19,21). The topological polar surface area (TPSA) is 62.3 Å². The maximum absolute atomic E-state index is 12.6. The lowest BCUT2D eigenvalue weighted by Crippen LogP contribution is -2.42. The Morgan fingerprint density at radius 1 is 1.09 bits per heavy atom. The molecule has 0 saturated heterocycles. The van der Waals surface area contributed by atoms with Crippen LogP contribution in [-0.4, -0.2) is 33.8 Å². The Bertz CT molecular complexity index is 672. The molecule has 0 unspecified atom stereocenters. The van der Waals surface area contributed by atoms with Crippen molar-refractivity contribution in [2.24, 2.45) is 0 Å². The normalized spacial score (nSPS) is 10.9. The van der Waals surface area contributed by atoms with Gasteiger partial charge in [-0.25, -0.2) is 4.98 Å². The quantitative estimate of drug-likeness (QED) is 0.909.